The summed E-state index contributed by atoms with van der Waals surface area (Å²) < 4.78 is 64.6. The fourth-order valence-corrected chi connectivity index (χ4v) is 3.30. The van der Waals surface area contributed by atoms with Gasteiger partial charge in [0.15, 0.2) is 0 Å². The lowest BCUT2D eigenvalue weighted by molar-refractivity contribution is -0.100. The van der Waals surface area contributed by atoms with E-state index in [-0.39, 0.29) is 50.3 Å². The van der Waals surface area contributed by atoms with Crippen LogP contribution in [0.2, 0.25) is 0 Å². The predicted octanol–water partition coefficient (Wildman–Crippen LogP) is 0.472. The number of aliphatic hydroxyl groups is 4. The molecule has 0 aliphatic rings. The topological polar surface area (TPSA) is 192 Å². The molecule has 0 saturated heterocycles. The van der Waals surface area contributed by atoms with E-state index < -0.39 is 6.10 Å². The Kier molecular flexibility index (Phi) is 42.3. The van der Waals surface area contributed by atoms with Gasteiger partial charge >= 0.3 is 0 Å². The van der Waals surface area contributed by atoms with Gasteiger partial charge in [-0.05, 0) is 41.5 Å². The van der Waals surface area contributed by atoms with Crippen LogP contribution in [0.5, 0.6) is 0 Å². The predicted molar refractivity (Wildman–Crippen MR) is 186 cm³/mol. The summed E-state index contributed by atoms with van der Waals surface area (Å²) in [7, 11) is 0. The van der Waals surface area contributed by atoms with Crippen molar-refractivity contribution in [1.82, 2.24) is 0 Å². The Labute approximate surface area is 300 Å². The highest BCUT2D eigenvalue weighted by atomic mass is 16.6. The summed E-state index contributed by atoms with van der Waals surface area (Å²) in [5.41, 5.74) is 0. The van der Waals surface area contributed by atoms with Crippen LogP contribution in [0.1, 0.15) is 41.5 Å². The zero-order valence-electron chi connectivity index (χ0n) is 31.7. The van der Waals surface area contributed by atoms with E-state index in [0.717, 1.165) is 0 Å². The summed E-state index contributed by atoms with van der Waals surface area (Å²) >= 11 is 0. The largest absolute Gasteiger partial charge is 0.394 e. The SMILES string of the molecule is CC(O)COC(C)COC(C)COC(C)COC(C)COC(C)CO.OCCOCCOCCOCCOCCOCCOCCOCCO. The van der Waals surface area contributed by atoms with Gasteiger partial charge in [-0.3, -0.25) is 0 Å². The van der Waals surface area contributed by atoms with Crippen LogP contribution in [0.15, 0.2) is 0 Å². The van der Waals surface area contributed by atoms with Crippen molar-refractivity contribution in [3.63, 3.8) is 0 Å². The van der Waals surface area contributed by atoms with Crippen molar-refractivity contribution in [2.24, 2.45) is 0 Å². The van der Waals surface area contributed by atoms with Crippen LogP contribution in [0.25, 0.3) is 0 Å². The van der Waals surface area contributed by atoms with Gasteiger partial charge in [0.25, 0.3) is 0 Å². The van der Waals surface area contributed by atoms with Crippen LogP contribution in [0, 0.1) is 0 Å². The standard InChI is InChI=1S/C18H38O7.C16H34O9/c1-13(20)8-21-15(3)10-23-17(5)12-25-18(6)11-24-16(4)9-22-14(2)7-19;17-1-3-19-5-7-21-9-11-23-13-15-25-16-14-24-12-10-22-8-6-20-4-2-18/h13-20H,7-12H2,1-6H3;17-18H,1-16H2. The number of aliphatic hydroxyl groups excluding tert-OH is 4. The lowest BCUT2D eigenvalue weighted by atomic mass is 10.3. The first-order valence-corrected chi connectivity index (χ1v) is 17.8. The van der Waals surface area contributed by atoms with Gasteiger partial charge < -0.3 is 77.3 Å². The number of ether oxygens (including phenoxy) is 12. The Hall–Kier alpha value is -0.640. The minimum atomic E-state index is -0.469. The second-order valence-electron chi connectivity index (χ2n) is 11.5. The Morgan fingerprint density at radius 2 is 0.540 bits per heavy atom. The van der Waals surface area contributed by atoms with E-state index in [1.54, 1.807) is 6.92 Å². The summed E-state index contributed by atoms with van der Waals surface area (Å²) in [5.74, 6) is 0. The number of hydrogen-bond acceptors (Lipinski definition) is 16. The molecule has 0 aliphatic heterocycles. The van der Waals surface area contributed by atoms with Crippen LogP contribution in [-0.2, 0) is 56.8 Å². The maximum Gasteiger partial charge on any atom is 0.0781 e. The quantitative estimate of drug-likeness (QED) is 0.0640. The molecule has 16 nitrogen and oxygen atoms in total. The van der Waals surface area contributed by atoms with Gasteiger partial charge in [-0.1, -0.05) is 0 Å². The normalized spacial score (nSPS) is 15.2. The van der Waals surface area contributed by atoms with Gasteiger partial charge in [-0.2, -0.15) is 0 Å². The molecule has 50 heavy (non-hydrogen) atoms. The van der Waals surface area contributed by atoms with Crippen molar-refractivity contribution < 1.29 is 77.3 Å². The molecule has 16 heteroatoms. The fourth-order valence-electron chi connectivity index (χ4n) is 3.30. The van der Waals surface area contributed by atoms with E-state index in [1.807, 2.05) is 34.6 Å². The van der Waals surface area contributed by atoms with Crippen LogP contribution in [0.4, 0.5) is 0 Å². The van der Waals surface area contributed by atoms with E-state index in [1.165, 1.54) is 0 Å². The van der Waals surface area contributed by atoms with Crippen LogP contribution in [0.3, 0.4) is 0 Å². The van der Waals surface area contributed by atoms with E-state index in [9.17, 15) is 5.11 Å². The van der Waals surface area contributed by atoms with Gasteiger partial charge in [0.1, 0.15) is 0 Å². The Morgan fingerprint density at radius 3 is 0.760 bits per heavy atom. The molecule has 0 heterocycles. The van der Waals surface area contributed by atoms with Gasteiger partial charge in [0, 0.05) is 0 Å². The molecule has 0 saturated carbocycles. The minimum absolute atomic E-state index is 0.00675. The summed E-state index contributed by atoms with van der Waals surface area (Å²) in [4.78, 5) is 0. The molecule has 4 N–H and O–H groups in total. The van der Waals surface area contributed by atoms with Crippen molar-refractivity contribution >= 4 is 0 Å². The Balaban J connectivity index is 0. The third kappa shape index (κ3) is 43.5. The molecule has 6 unspecified atom stereocenters. The van der Waals surface area contributed by atoms with Crippen molar-refractivity contribution in [3.8, 4) is 0 Å². The first-order valence-electron chi connectivity index (χ1n) is 17.8. The molecule has 304 valence electrons. The summed E-state index contributed by atoms with van der Waals surface area (Å²) in [6.45, 7) is 20.2. The first kappa shape index (κ1) is 51.5. The maximum absolute atomic E-state index is 9.17. The molecule has 0 aliphatic carbocycles. The summed E-state index contributed by atoms with van der Waals surface area (Å²) in [6, 6.07) is 0. The molecule has 0 aromatic carbocycles. The van der Waals surface area contributed by atoms with Crippen LogP contribution < -0.4 is 0 Å². The first-order chi connectivity index (χ1) is 24.2. The lowest BCUT2D eigenvalue weighted by Gasteiger charge is -2.22. The average Bonchev–Trinajstić information content (AvgIpc) is 3.11. The molecular formula is C34H72O16. The highest BCUT2D eigenvalue weighted by molar-refractivity contribution is 4.58. The van der Waals surface area contributed by atoms with Gasteiger partial charge in [0.05, 0.1) is 182 Å². The van der Waals surface area contributed by atoms with E-state index in [0.29, 0.717) is 126 Å². The molecule has 0 radical (unpaired) electrons. The third-order valence-corrected chi connectivity index (χ3v) is 6.04. The molecule has 0 rings (SSSR count). The Morgan fingerprint density at radius 1 is 0.320 bits per heavy atom. The maximum atomic E-state index is 9.17. The van der Waals surface area contributed by atoms with Gasteiger partial charge in [-0.25, -0.2) is 0 Å². The molecule has 6 atom stereocenters. The fraction of sp³-hybridized carbons (Fsp3) is 1.00. The highest BCUT2D eigenvalue weighted by Crippen LogP contribution is 2.03. The number of rotatable bonds is 38. The third-order valence-electron chi connectivity index (χ3n) is 6.04. The van der Waals surface area contributed by atoms with Crippen molar-refractivity contribution in [1.29, 1.82) is 0 Å². The van der Waals surface area contributed by atoms with Gasteiger partial charge in [0.2, 0.25) is 0 Å². The summed E-state index contributed by atoms with van der Waals surface area (Å²) in [6.07, 6.45) is -0.868. The molecular weight excluding hydrogens is 664 g/mol. The van der Waals surface area contributed by atoms with E-state index >= 15 is 0 Å². The molecule has 0 spiro atoms. The van der Waals surface area contributed by atoms with Crippen LogP contribution >= 0.6 is 0 Å². The van der Waals surface area contributed by atoms with E-state index in [4.69, 9.17) is 72.2 Å². The minimum Gasteiger partial charge on any atom is -0.394 e. The second kappa shape index (κ2) is 41.1. The van der Waals surface area contributed by atoms with E-state index in [2.05, 4.69) is 0 Å². The molecule has 0 aromatic heterocycles. The monoisotopic (exact) mass is 736 g/mol. The number of hydrogen-bond donors (Lipinski definition) is 4. The van der Waals surface area contributed by atoms with Crippen molar-refractivity contribution in [3.05, 3.63) is 0 Å². The Bertz CT molecular complexity index is 614. The zero-order valence-corrected chi connectivity index (χ0v) is 31.7. The molecule has 0 fully saturated rings. The zero-order chi connectivity index (χ0) is 37.5. The second-order valence-corrected chi connectivity index (χ2v) is 11.5. The molecule has 0 bridgehead atoms. The summed E-state index contributed by atoms with van der Waals surface area (Å²) in [5, 5.41) is 35.1. The van der Waals surface area contributed by atoms with Crippen molar-refractivity contribution in [2.75, 3.05) is 145 Å². The van der Waals surface area contributed by atoms with Crippen molar-refractivity contribution in [2.45, 2.75) is 78.2 Å². The van der Waals surface area contributed by atoms with Gasteiger partial charge in [-0.15, -0.1) is 0 Å². The smallest absolute Gasteiger partial charge is 0.0781 e. The average molecular weight is 737 g/mol. The van der Waals surface area contributed by atoms with Crippen LogP contribution in [-0.4, -0.2) is 202 Å². The molecule has 0 aromatic rings. The highest BCUT2D eigenvalue weighted by Gasteiger charge is 2.12. The lowest BCUT2D eigenvalue weighted by Crippen LogP contribution is -2.29. The molecule has 0 amide bonds.